The molecular formula is C22H17N3O2S. The topological polar surface area (TPSA) is 87.7 Å². The number of fused-ring (bicyclic) bond motifs is 3. The highest BCUT2D eigenvalue weighted by molar-refractivity contribution is 7.80. The number of nitrogens with two attached hydrogens (primary N) is 1. The van der Waals surface area contributed by atoms with Gasteiger partial charge in [0.15, 0.2) is 5.11 Å². The van der Waals surface area contributed by atoms with Crippen LogP contribution in [0.5, 0.6) is 0 Å². The first-order chi connectivity index (χ1) is 13.5. The lowest BCUT2D eigenvalue weighted by Crippen LogP contribution is -2.26. The number of hydrazone groups is 1. The average molecular weight is 387 g/mol. The van der Waals surface area contributed by atoms with E-state index in [9.17, 15) is 9.90 Å². The summed E-state index contributed by atoms with van der Waals surface area (Å²) < 4.78 is 0. The van der Waals surface area contributed by atoms with Crippen LogP contribution in [0, 0.1) is 0 Å². The Morgan fingerprint density at radius 2 is 1.64 bits per heavy atom. The number of rotatable bonds is 4. The third kappa shape index (κ3) is 3.25. The number of carboxylic acid groups (broad SMARTS) is 1. The van der Waals surface area contributed by atoms with E-state index in [2.05, 4.69) is 28.7 Å². The van der Waals surface area contributed by atoms with Gasteiger partial charge in [-0.1, -0.05) is 54.6 Å². The molecule has 0 heterocycles. The Kier molecular flexibility index (Phi) is 4.63. The van der Waals surface area contributed by atoms with Crippen molar-refractivity contribution in [2.75, 3.05) is 0 Å². The molecule has 0 atom stereocenters. The number of carboxylic acids is 1. The molecule has 3 aromatic carbocycles. The van der Waals surface area contributed by atoms with Gasteiger partial charge in [-0.3, -0.25) is 5.43 Å². The average Bonchev–Trinajstić information content (AvgIpc) is 3.06. The van der Waals surface area contributed by atoms with E-state index in [0.717, 1.165) is 12.0 Å². The molecule has 0 unspecified atom stereocenters. The maximum Gasteiger partial charge on any atom is 0.336 e. The third-order valence-electron chi connectivity index (χ3n) is 4.76. The van der Waals surface area contributed by atoms with Gasteiger partial charge in [-0.15, -0.1) is 0 Å². The van der Waals surface area contributed by atoms with Crippen molar-refractivity contribution in [1.82, 2.24) is 5.43 Å². The van der Waals surface area contributed by atoms with Crippen LogP contribution in [-0.4, -0.2) is 21.9 Å². The zero-order valence-electron chi connectivity index (χ0n) is 14.8. The van der Waals surface area contributed by atoms with Crippen molar-refractivity contribution in [2.45, 2.75) is 6.42 Å². The molecule has 0 aliphatic heterocycles. The highest BCUT2D eigenvalue weighted by atomic mass is 32.1. The zero-order chi connectivity index (χ0) is 19.7. The van der Waals surface area contributed by atoms with Crippen molar-refractivity contribution in [1.29, 1.82) is 0 Å². The summed E-state index contributed by atoms with van der Waals surface area (Å²) in [4.78, 5) is 11.7. The van der Waals surface area contributed by atoms with E-state index in [-0.39, 0.29) is 10.7 Å². The predicted molar refractivity (Wildman–Crippen MR) is 114 cm³/mol. The number of aromatic carboxylic acids is 1. The molecule has 0 saturated carbocycles. The van der Waals surface area contributed by atoms with Gasteiger partial charge < -0.3 is 10.8 Å². The summed E-state index contributed by atoms with van der Waals surface area (Å²) in [7, 11) is 0. The molecule has 4 N–H and O–H groups in total. The lowest BCUT2D eigenvalue weighted by molar-refractivity contribution is 0.0696. The van der Waals surface area contributed by atoms with E-state index in [1.807, 2.05) is 24.3 Å². The fourth-order valence-corrected chi connectivity index (χ4v) is 3.61. The molecule has 1 aliphatic carbocycles. The van der Waals surface area contributed by atoms with E-state index in [1.165, 1.54) is 22.3 Å². The normalized spacial score (nSPS) is 12.2. The Morgan fingerprint density at radius 3 is 2.39 bits per heavy atom. The number of nitrogens with zero attached hydrogens (tertiary/aromatic N) is 1. The molecule has 0 spiro atoms. The second-order valence-corrected chi connectivity index (χ2v) is 6.93. The summed E-state index contributed by atoms with van der Waals surface area (Å²) >= 11 is 4.87. The predicted octanol–water partition coefficient (Wildman–Crippen LogP) is 3.54. The summed E-state index contributed by atoms with van der Waals surface area (Å²) in [6.45, 7) is 0. The molecule has 0 aromatic heterocycles. The number of nitrogens with one attached hydrogen (secondary N) is 1. The molecule has 0 saturated heterocycles. The Morgan fingerprint density at radius 1 is 0.964 bits per heavy atom. The van der Waals surface area contributed by atoms with Crippen LogP contribution in [0.2, 0.25) is 0 Å². The van der Waals surface area contributed by atoms with Gasteiger partial charge in [0.05, 0.1) is 11.3 Å². The molecule has 6 heteroatoms. The van der Waals surface area contributed by atoms with E-state index >= 15 is 0 Å². The molecular weight excluding hydrogens is 370 g/mol. The summed E-state index contributed by atoms with van der Waals surface area (Å²) in [5.74, 6) is -1.02. The SMILES string of the molecule is NC(=S)N/N=C(/c1ccc2c(c1)Cc1ccccc1-2)c1ccccc1C(=O)O. The van der Waals surface area contributed by atoms with Crippen LogP contribution in [-0.2, 0) is 6.42 Å². The minimum absolute atomic E-state index is 0.0128. The van der Waals surface area contributed by atoms with Crippen molar-refractivity contribution in [3.63, 3.8) is 0 Å². The molecule has 4 rings (SSSR count). The Balaban J connectivity index is 1.84. The van der Waals surface area contributed by atoms with Crippen LogP contribution >= 0.6 is 12.2 Å². The highest BCUT2D eigenvalue weighted by Crippen LogP contribution is 2.37. The monoisotopic (exact) mass is 387 g/mol. The summed E-state index contributed by atoms with van der Waals surface area (Å²) in [6, 6.07) is 21.1. The fourth-order valence-electron chi connectivity index (χ4n) is 3.56. The van der Waals surface area contributed by atoms with Crippen LogP contribution in [0.3, 0.4) is 0 Å². The molecule has 0 bridgehead atoms. The third-order valence-corrected chi connectivity index (χ3v) is 4.85. The van der Waals surface area contributed by atoms with Gasteiger partial charge in [0.25, 0.3) is 0 Å². The van der Waals surface area contributed by atoms with Crippen LogP contribution < -0.4 is 11.2 Å². The molecule has 0 amide bonds. The fraction of sp³-hybridized carbons (Fsp3) is 0.0455. The van der Waals surface area contributed by atoms with Gasteiger partial charge in [-0.25, -0.2) is 4.79 Å². The Bertz CT molecular complexity index is 1140. The first kappa shape index (κ1) is 17.9. The van der Waals surface area contributed by atoms with Crippen molar-refractivity contribution < 1.29 is 9.90 Å². The van der Waals surface area contributed by atoms with Crippen LogP contribution in [0.25, 0.3) is 11.1 Å². The number of thiocarbonyl (C=S) groups is 1. The largest absolute Gasteiger partial charge is 0.478 e. The van der Waals surface area contributed by atoms with Crippen molar-refractivity contribution >= 4 is 29.0 Å². The van der Waals surface area contributed by atoms with Crippen LogP contribution in [0.1, 0.15) is 32.6 Å². The molecule has 5 nitrogen and oxygen atoms in total. The molecule has 1 aliphatic rings. The van der Waals surface area contributed by atoms with Gasteiger partial charge in [-0.2, -0.15) is 5.10 Å². The molecule has 28 heavy (non-hydrogen) atoms. The maximum absolute atomic E-state index is 11.7. The molecule has 138 valence electrons. The van der Waals surface area contributed by atoms with Crippen LogP contribution in [0.15, 0.2) is 71.8 Å². The van der Waals surface area contributed by atoms with Gasteiger partial charge in [-0.05, 0) is 53.0 Å². The van der Waals surface area contributed by atoms with Gasteiger partial charge in [0.1, 0.15) is 0 Å². The van der Waals surface area contributed by atoms with E-state index in [1.54, 1.807) is 24.3 Å². The quantitative estimate of drug-likeness (QED) is 0.283. The van der Waals surface area contributed by atoms with Gasteiger partial charge >= 0.3 is 5.97 Å². The summed E-state index contributed by atoms with van der Waals surface area (Å²) in [6.07, 6.45) is 0.829. The minimum Gasteiger partial charge on any atom is -0.478 e. The number of hydrogen-bond acceptors (Lipinski definition) is 3. The zero-order valence-corrected chi connectivity index (χ0v) is 15.7. The second-order valence-electron chi connectivity index (χ2n) is 6.49. The Labute approximate surface area is 167 Å². The van der Waals surface area contributed by atoms with Crippen molar-refractivity contribution in [2.24, 2.45) is 10.8 Å². The Hall–Kier alpha value is -3.51. The first-order valence-electron chi connectivity index (χ1n) is 8.72. The van der Waals surface area contributed by atoms with Crippen molar-refractivity contribution in [3.05, 3.63) is 94.5 Å². The second kappa shape index (κ2) is 7.25. The van der Waals surface area contributed by atoms with Crippen LogP contribution in [0.4, 0.5) is 0 Å². The number of benzene rings is 3. The maximum atomic E-state index is 11.7. The van der Waals surface area contributed by atoms with E-state index in [0.29, 0.717) is 11.3 Å². The molecule has 0 radical (unpaired) electrons. The summed E-state index contributed by atoms with van der Waals surface area (Å²) in [5.41, 5.74) is 14.9. The lowest BCUT2D eigenvalue weighted by atomic mass is 9.95. The van der Waals surface area contributed by atoms with E-state index < -0.39 is 5.97 Å². The van der Waals surface area contributed by atoms with Gasteiger partial charge in [0.2, 0.25) is 0 Å². The first-order valence-corrected chi connectivity index (χ1v) is 9.13. The van der Waals surface area contributed by atoms with Crippen molar-refractivity contribution in [3.8, 4) is 11.1 Å². The summed E-state index contributed by atoms with van der Waals surface area (Å²) in [5, 5.41) is 13.9. The molecule has 3 aromatic rings. The molecule has 0 fully saturated rings. The lowest BCUT2D eigenvalue weighted by Gasteiger charge is -2.12. The van der Waals surface area contributed by atoms with E-state index in [4.69, 9.17) is 18.0 Å². The minimum atomic E-state index is -1.02. The number of hydrogen-bond donors (Lipinski definition) is 3. The van der Waals surface area contributed by atoms with Gasteiger partial charge in [0, 0.05) is 11.1 Å². The number of carbonyl (C=O) groups is 1. The smallest absolute Gasteiger partial charge is 0.336 e. The highest BCUT2D eigenvalue weighted by Gasteiger charge is 2.21. The standard InChI is InChI=1S/C22H17N3O2S/c23-22(28)25-24-20(18-7-3-4-8-19(18)21(26)27)14-9-10-17-15(12-14)11-13-5-1-2-6-16(13)17/h1-10,12H,11H2,(H,26,27)(H3,23,25,28)/b24-20-.